The molecule has 1 aliphatic carbocycles. The van der Waals surface area contributed by atoms with Crippen molar-refractivity contribution in [3.8, 4) is 11.5 Å². The molecule has 3 aliphatic heterocycles. The van der Waals surface area contributed by atoms with Crippen molar-refractivity contribution >= 4 is 29.7 Å². The van der Waals surface area contributed by atoms with Gasteiger partial charge in [0.1, 0.15) is 11.6 Å². The van der Waals surface area contributed by atoms with Gasteiger partial charge in [-0.3, -0.25) is 34.3 Å². The van der Waals surface area contributed by atoms with Crippen LogP contribution in [0.2, 0.25) is 0 Å². The minimum Gasteiger partial charge on any atom is -0.504 e. The number of nitrogens with one attached hydrogen (secondary N) is 1. The molecule has 5 amide bonds. The van der Waals surface area contributed by atoms with Gasteiger partial charge in [0.25, 0.3) is 11.8 Å². The fourth-order valence-corrected chi connectivity index (χ4v) is 6.07. The van der Waals surface area contributed by atoms with Gasteiger partial charge in [-0.1, -0.05) is 6.42 Å². The Balaban J connectivity index is 0.000000201. The van der Waals surface area contributed by atoms with Gasteiger partial charge in [-0.25, -0.2) is 4.79 Å². The summed E-state index contributed by atoms with van der Waals surface area (Å²) in [5, 5.41) is 11.8. The van der Waals surface area contributed by atoms with E-state index in [2.05, 4.69) is 24.1 Å². The highest BCUT2D eigenvalue weighted by atomic mass is 16.6. The van der Waals surface area contributed by atoms with Crippen molar-refractivity contribution in [1.82, 2.24) is 20.0 Å². The number of methoxy groups -OCH3 is 1. The van der Waals surface area contributed by atoms with Crippen molar-refractivity contribution in [1.29, 1.82) is 0 Å². The van der Waals surface area contributed by atoms with Crippen LogP contribution in [-0.2, 0) is 14.3 Å². The van der Waals surface area contributed by atoms with Crippen LogP contribution in [0.5, 0.6) is 11.5 Å². The largest absolute Gasteiger partial charge is 0.504 e. The zero-order valence-electron chi connectivity index (χ0n) is 26.7. The smallest absolute Gasteiger partial charge is 0.410 e. The molecule has 2 N–H and O–H groups in total. The van der Waals surface area contributed by atoms with Crippen LogP contribution in [-0.4, -0.2) is 100.0 Å². The average molecular weight is 615 g/mol. The van der Waals surface area contributed by atoms with E-state index in [0.717, 1.165) is 48.9 Å². The lowest BCUT2D eigenvalue weighted by molar-refractivity contribution is -0.136. The normalized spacial score (nSPS) is 21.1. The quantitative estimate of drug-likeness (QED) is 0.458. The molecule has 0 radical (unpaired) electrons. The van der Waals surface area contributed by atoms with Crippen LogP contribution in [0.4, 0.5) is 4.79 Å². The first-order valence-electron chi connectivity index (χ1n) is 15.6. The zero-order chi connectivity index (χ0) is 32.3. The number of piperidine rings is 2. The maximum Gasteiger partial charge on any atom is 0.410 e. The van der Waals surface area contributed by atoms with Crippen molar-refractivity contribution < 1.29 is 38.6 Å². The number of benzene rings is 1. The van der Waals surface area contributed by atoms with Crippen molar-refractivity contribution in [2.75, 3.05) is 26.7 Å². The van der Waals surface area contributed by atoms with E-state index < -0.39 is 35.3 Å². The van der Waals surface area contributed by atoms with Crippen molar-refractivity contribution in [3.63, 3.8) is 0 Å². The zero-order valence-corrected chi connectivity index (χ0v) is 26.7. The molecule has 1 unspecified atom stereocenters. The van der Waals surface area contributed by atoms with Crippen LogP contribution in [0.1, 0.15) is 100 Å². The molecule has 12 nitrogen and oxygen atoms in total. The monoisotopic (exact) mass is 614 g/mol. The minimum atomic E-state index is -1.03. The van der Waals surface area contributed by atoms with Gasteiger partial charge in [0, 0.05) is 38.1 Å². The predicted molar refractivity (Wildman–Crippen MR) is 161 cm³/mol. The molecule has 44 heavy (non-hydrogen) atoms. The fraction of sp³-hybridized carbons (Fsp3) is 0.656. The Morgan fingerprint density at radius 2 is 1.64 bits per heavy atom. The van der Waals surface area contributed by atoms with Gasteiger partial charge in [0.15, 0.2) is 11.5 Å². The Hall–Kier alpha value is -3.67. The number of carbonyl (C=O) groups is 5. The summed E-state index contributed by atoms with van der Waals surface area (Å²) in [4.78, 5) is 65.3. The minimum absolute atomic E-state index is 0.00741. The molecule has 3 fully saturated rings. The van der Waals surface area contributed by atoms with Crippen molar-refractivity contribution in [2.45, 2.75) is 103 Å². The Kier molecular flexibility index (Phi) is 10.2. The number of phenolic OH excluding ortho intramolecular Hbond substituents is 1. The number of carbonyl (C=O) groups excluding carboxylic acids is 5. The first-order chi connectivity index (χ1) is 20.7. The number of fused-ring (bicyclic) bond motifs is 1. The molecule has 0 bridgehead atoms. The summed E-state index contributed by atoms with van der Waals surface area (Å²) in [6.45, 7) is 13.3. The van der Waals surface area contributed by atoms with Crippen LogP contribution in [0.15, 0.2) is 12.1 Å². The third-order valence-electron chi connectivity index (χ3n) is 8.68. The second-order valence-electron chi connectivity index (χ2n) is 13.3. The molecular formula is C32H46N4O8. The predicted octanol–water partition coefficient (Wildman–Crippen LogP) is 3.70. The maximum absolute atomic E-state index is 12.4. The molecule has 5 rings (SSSR count). The number of phenols is 1. The molecule has 3 heterocycles. The SMILES string of the molecule is CC(C)N(CC1CCN(C(=O)OC(C)(C)C)CC1)C1CCC1.COc1cc2c(cc1O)C(=O)N(C1CCC(=O)NC1=O)C2=O. The number of imide groups is 2. The van der Waals surface area contributed by atoms with E-state index in [1.807, 2.05) is 25.7 Å². The number of hydrogen-bond donors (Lipinski definition) is 2. The van der Waals surface area contributed by atoms with E-state index in [1.165, 1.54) is 39.0 Å². The fourth-order valence-electron chi connectivity index (χ4n) is 6.07. The lowest BCUT2D eigenvalue weighted by Gasteiger charge is -2.43. The van der Waals surface area contributed by atoms with Crippen molar-refractivity contribution in [2.24, 2.45) is 5.92 Å². The number of likely N-dealkylation sites (tertiary alicyclic amines) is 1. The van der Waals surface area contributed by atoms with E-state index in [0.29, 0.717) is 6.04 Å². The number of aromatic hydroxyl groups is 1. The summed E-state index contributed by atoms with van der Waals surface area (Å²) < 4.78 is 10.4. The van der Waals surface area contributed by atoms with Crippen LogP contribution in [0, 0.1) is 5.92 Å². The highest BCUT2D eigenvalue weighted by Crippen LogP contribution is 2.36. The summed E-state index contributed by atoms with van der Waals surface area (Å²) >= 11 is 0. The number of nitrogens with zero attached hydrogens (tertiary/aromatic N) is 3. The summed E-state index contributed by atoms with van der Waals surface area (Å²) in [6, 6.07) is 2.81. The molecule has 0 spiro atoms. The molecular weight excluding hydrogens is 568 g/mol. The molecule has 1 aromatic carbocycles. The van der Waals surface area contributed by atoms with Crippen molar-refractivity contribution in [3.05, 3.63) is 23.3 Å². The van der Waals surface area contributed by atoms with Gasteiger partial charge in [-0.05, 0) is 84.8 Å². The molecule has 2 saturated heterocycles. The number of hydrogen-bond acceptors (Lipinski definition) is 9. The lowest BCUT2D eigenvalue weighted by atomic mass is 9.88. The Morgan fingerprint density at radius 3 is 2.14 bits per heavy atom. The number of ether oxygens (including phenoxy) is 2. The van der Waals surface area contributed by atoms with Gasteiger partial charge < -0.3 is 19.5 Å². The number of amides is 5. The third kappa shape index (κ3) is 7.51. The molecule has 0 aromatic heterocycles. The van der Waals surface area contributed by atoms with E-state index in [9.17, 15) is 29.1 Å². The lowest BCUT2D eigenvalue weighted by Crippen LogP contribution is -2.54. The van der Waals surface area contributed by atoms with Gasteiger partial charge in [-0.2, -0.15) is 0 Å². The van der Waals surface area contributed by atoms with Crippen LogP contribution in [0.3, 0.4) is 0 Å². The summed E-state index contributed by atoms with van der Waals surface area (Å²) in [5.41, 5.74) is -0.329. The summed E-state index contributed by atoms with van der Waals surface area (Å²) in [7, 11) is 1.32. The first kappa shape index (κ1) is 33.2. The van der Waals surface area contributed by atoms with Crippen LogP contribution < -0.4 is 10.1 Å². The van der Waals surface area contributed by atoms with Gasteiger partial charge >= 0.3 is 6.09 Å². The molecule has 1 aromatic rings. The maximum atomic E-state index is 12.4. The van der Waals surface area contributed by atoms with E-state index in [4.69, 9.17) is 9.47 Å². The number of rotatable bonds is 6. The third-order valence-corrected chi connectivity index (χ3v) is 8.68. The van der Waals surface area contributed by atoms with Gasteiger partial charge in [0.05, 0.1) is 18.2 Å². The van der Waals surface area contributed by atoms with E-state index in [-0.39, 0.29) is 41.6 Å². The van der Waals surface area contributed by atoms with E-state index in [1.54, 1.807) is 0 Å². The topological polar surface area (TPSA) is 146 Å². The second kappa shape index (κ2) is 13.5. The van der Waals surface area contributed by atoms with Gasteiger partial charge in [-0.15, -0.1) is 0 Å². The average Bonchev–Trinajstić information content (AvgIpc) is 3.15. The standard InChI is InChI=1S/C18H34N2O2.C14H12N2O6/c1-14(2)20(16-7-6-8-16)13-15-9-11-19(12-10-15)17(21)22-18(3,4)5;1-22-10-5-7-6(4-9(10)17)13(20)16(14(7)21)8-2-3-11(18)15-12(8)19/h14-16H,6-13H2,1-5H3;4-5,8,17H,2-3H2,1H3,(H,15,18,19). The van der Waals surface area contributed by atoms with Crippen LogP contribution >= 0.6 is 0 Å². The molecule has 1 atom stereocenters. The molecule has 4 aliphatic rings. The highest BCUT2D eigenvalue weighted by molar-refractivity contribution is 6.23. The second-order valence-corrected chi connectivity index (χ2v) is 13.3. The molecule has 12 heteroatoms. The first-order valence-corrected chi connectivity index (χ1v) is 15.6. The van der Waals surface area contributed by atoms with Crippen LogP contribution in [0.25, 0.3) is 0 Å². The summed E-state index contributed by atoms with van der Waals surface area (Å²) in [5.74, 6) is -1.92. The molecule has 242 valence electrons. The Labute approximate surface area is 259 Å². The van der Waals surface area contributed by atoms with E-state index >= 15 is 0 Å². The Bertz CT molecular complexity index is 1280. The Morgan fingerprint density at radius 1 is 1.02 bits per heavy atom. The summed E-state index contributed by atoms with van der Waals surface area (Å²) in [6.07, 6.45) is 6.34. The highest BCUT2D eigenvalue weighted by Gasteiger charge is 2.45. The van der Waals surface area contributed by atoms with Gasteiger partial charge in [0.2, 0.25) is 11.8 Å². The molecule has 1 saturated carbocycles.